The summed E-state index contributed by atoms with van der Waals surface area (Å²) in [6.07, 6.45) is 0. The molecular weight excluding hydrogens is 374 g/mol. The molecule has 4 N–H and O–H groups in total. The third-order valence-corrected chi connectivity index (χ3v) is 5.49. The zero-order valence-corrected chi connectivity index (χ0v) is 15.8. The van der Waals surface area contributed by atoms with Crippen molar-refractivity contribution in [1.29, 1.82) is 0 Å². The van der Waals surface area contributed by atoms with Crippen LogP contribution in [0.1, 0.15) is 26.3 Å². The summed E-state index contributed by atoms with van der Waals surface area (Å²) in [6, 6.07) is 14.7. The minimum absolute atomic E-state index is 0.0386. The Morgan fingerprint density at radius 3 is 2.68 bits per heavy atom. The number of carbonyl (C=O) groups is 2. The zero-order valence-electron chi connectivity index (χ0n) is 15.0. The summed E-state index contributed by atoms with van der Waals surface area (Å²) < 4.78 is 0. The van der Waals surface area contributed by atoms with Crippen LogP contribution in [0.5, 0.6) is 0 Å². The average Bonchev–Trinajstić information content (AvgIpc) is 3.38. The van der Waals surface area contributed by atoms with Gasteiger partial charge in [0.05, 0.1) is 17.9 Å². The van der Waals surface area contributed by atoms with Gasteiger partial charge in [-0.25, -0.2) is 0 Å². The van der Waals surface area contributed by atoms with Crippen LogP contribution in [0.3, 0.4) is 0 Å². The maximum absolute atomic E-state index is 12.7. The van der Waals surface area contributed by atoms with Crippen molar-refractivity contribution in [2.45, 2.75) is 6.54 Å². The summed E-state index contributed by atoms with van der Waals surface area (Å²) in [6.45, 7) is 0.941. The van der Waals surface area contributed by atoms with Gasteiger partial charge in [0, 0.05) is 29.2 Å². The van der Waals surface area contributed by atoms with Crippen LogP contribution in [0.4, 0.5) is 11.4 Å². The van der Waals surface area contributed by atoms with E-state index in [-0.39, 0.29) is 18.4 Å². The van der Waals surface area contributed by atoms with Gasteiger partial charge in [-0.1, -0.05) is 12.1 Å². The van der Waals surface area contributed by atoms with Crippen molar-refractivity contribution in [3.63, 3.8) is 0 Å². The first-order valence-corrected chi connectivity index (χ1v) is 9.79. The molecule has 2 heterocycles. The highest BCUT2D eigenvalue weighted by Crippen LogP contribution is 2.36. The van der Waals surface area contributed by atoms with Crippen LogP contribution in [-0.2, 0) is 6.54 Å². The molecule has 3 aromatic rings. The maximum atomic E-state index is 12.7. The first-order valence-electron chi connectivity index (χ1n) is 8.91. The van der Waals surface area contributed by atoms with Gasteiger partial charge in [0.25, 0.3) is 11.8 Å². The van der Waals surface area contributed by atoms with Crippen molar-refractivity contribution in [3.05, 3.63) is 70.6 Å². The Morgan fingerprint density at radius 1 is 1.14 bits per heavy atom. The Kier molecular flexibility index (Phi) is 5.10. The average molecular weight is 393 g/mol. The number of fused-ring (bicyclic) bond motifs is 1. The molecule has 0 unspecified atom stereocenters. The monoisotopic (exact) mass is 393 g/mol. The molecule has 0 fully saturated rings. The van der Waals surface area contributed by atoms with Crippen LogP contribution in [0, 0.1) is 0 Å². The standard InChI is InChI=1S/C21H19N3O3S/c25-10-9-22-14-5-3-13(4-6-14)20(26)24-17-8-7-15(18-2-1-11-28-18)16-12-23-21(27)19(16)17/h1-8,11,22,25H,9-10,12H2,(H,23,27)(H,24,26). The number of thiophene rings is 1. The predicted octanol–water partition coefficient (Wildman–Crippen LogP) is 3.32. The Morgan fingerprint density at radius 2 is 1.96 bits per heavy atom. The van der Waals surface area contributed by atoms with Gasteiger partial charge < -0.3 is 21.1 Å². The maximum Gasteiger partial charge on any atom is 0.255 e. The third-order valence-electron chi connectivity index (χ3n) is 4.59. The van der Waals surface area contributed by atoms with Gasteiger partial charge in [0.2, 0.25) is 0 Å². The molecule has 142 valence electrons. The fraction of sp³-hybridized carbons (Fsp3) is 0.143. The molecule has 1 aliphatic rings. The highest BCUT2D eigenvalue weighted by Gasteiger charge is 2.27. The van der Waals surface area contributed by atoms with Gasteiger partial charge in [-0.3, -0.25) is 9.59 Å². The van der Waals surface area contributed by atoms with E-state index in [0.717, 1.165) is 21.7 Å². The number of hydrogen-bond donors (Lipinski definition) is 4. The number of aliphatic hydroxyl groups excluding tert-OH is 1. The molecule has 2 amide bonds. The number of rotatable bonds is 6. The summed E-state index contributed by atoms with van der Waals surface area (Å²) in [7, 11) is 0. The molecule has 0 radical (unpaired) electrons. The van der Waals surface area contributed by atoms with Crippen molar-refractivity contribution < 1.29 is 14.7 Å². The summed E-state index contributed by atoms with van der Waals surface area (Å²) >= 11 is 1.62. The van der Waals surface area contributed by atoms with E-state index in [1.54, 1.807) is 41.7 Å². The second kappa shape index (κ2) is 7.84. The topological polar surface area (TPSA) is 90.5 Å². The number of carbonyl (C=O) groups excluding carboxylic acids is 2. The Balaban J connectivity index is 1.59. The van der Waals surface area contributed by atoms with Gasteiger partial charge in [0.15, 0.2) is 0 Å². The van der Waals surface area contributed by atoms with E-state index in [9.17, 15) is 9.59 Å². The Bertz CT molecular complexity index is 1010. The third kappa shape index (κ3) is 3.49. The summed E-state index contributed by atoms with van der Waals surface area (Å²) in [5.41, 5.74) is 4.28. The number of hydrogen-bond acceptors (Lipinski definition) is 5. The van der Waals surface area contributed by atoms with Gasteiger partial charge >= 0.3 is 0 Å². The molecule has 1 aliphatic heterocycles. The molecule has 2 aromatic carbocycles. The molecule has 0 spiro atoms. The minimum Gasteiger partial charge on any atom is -0.395 e. The summed E-state index contributed by atoms with van der Waals surface area (Å²) in [5, 5.41) is 19.6. The molecule has 28 heavy (non-hydrogen) atoms. The largest absolute Gasteiger partial charge is 0.395 e. The van der Waals surface area contributed by atoms with Crippen LogP contribution in [-0.4, -0.2) is 30.1 Å². The smallest absolute Gasteiger partial charge is 0.255 e. The second-order valence-electron chi connectivity index (χ2n) is 6.36. The lowest BCUT2D eigenvalue weighted by Gasteiger charge is -2.12. The SMILES string of the molecule is O=C(Nc1ccc(-c2cccs2)c2c1C(=O)NC2)c1ccc(NCCO)cc1. The number of nitrogens with one attached hydrogen (secondary N) is 3. The van der Waals surface area contributed by atoms with Crippen molar-refractivity contribution in [2.75, 3.05) is 23.8 Å². The van der Waals surface area contributed by atoms with Crippen LogP contribution in [0.25, 0.3) is 10.4 Å². The van der Waals surface area contributed by atoms with Gasteiger partial charge in [0.1, 0.15) is 0 Å². The lowest BCUT2D eigenvalue weighted by atomic mass is 10.00. The molecule has 6 nitrogen and oxygen atoms in total. The molecule has 0 bridgehead atoms. The number of aliphatic hydroxyl groups is 1. The first kappa shape index (κ1) is 18.2. The van der Waals surface area contributed by atoms with E-state index >= 15 is 0 Å². The number of amides is 2. The minimum atomic E-state index is -0.278. The lowest BCUT2D eigenvalue weighted by molar-refractivity contribution is 0.0966. The quantitative estimate of drug-likeness (QED) is 0.517. The highest BCUT2D eigenvalue weighted by atomic mass is 32.1. The molecule has 0 saturated heterocycles. The van der Waals surface area contributed by atoms with Gasteiger partial charge in [-0.05, 0) is 52.9 Å². The van der Waals surface area contributed by atoms with Gasteiger partial charge in [-0.2, -0.15) is 0 Å². The second-order valence-corrected chi connectivity index (χ2v) is 7.30. The van der Waals surface area contributed by atoms with Crippen molar-refractivity contribution in [2.24, 2.45) is 0 Å². The van der Waals surface area contributed by atoms with Crippen molar-refractivity contribution in [3.8, 4) is 10.4 Å². The fourth-order valence-corrected chi connectivity index (χ4v) is 4.03. The van der Waals surface area contributed by atoms with E-state index in [1.807, 2.05) is 23.6 Å². The van der Waals surface area contributed by atoms with E-state index in [2.05, 4.69) is 16.0 Å². The lowest BCUT2D eigenvalue weighted by Crippen LogP contribution is -2.17. The molecular formula is C21H19N3O3S. The summed E-state index contributed by atoms with van der Waals surface area (Å²) in [4.78, 5) is 26.1. The molecule has 0 saturated carbocycles. The van der Waals surface area contributed by atoms with Crippen LogP contribution in [0.15, 0.2) is 53.9 Å². The predicted molar refractivity (Wildman–Crippen MR) is 111 cm³/mol. The van der Waals surface area contributed by atoms with Crippen LogP contribution >= 0.6 is 11.3 Å². The fourth-order valence-electron chi connectivity index (χ4n) is 3.25. The number of anilines is 2. The summed E-state index contributed by atoms with van der Waals surface area (Å²) in [5.74, 6) is -0.452. The van der Waals surface area contributed by atoms with E-state index in [4.69, 9.17) is 5.11 Å². The van der Waals surface area contributed by atoms with Crippen LogP contribution in [0.2, 0.25) is 0 Å². The zero-order chi connectivity index (χ0) is 19.5. The van der Waals surface area contributed by atoms with Crippen molar-refractivity contribution >= 4 is 34.5 Å². The van der Waals surface area contributed by atoms with Gasteiger partial charge in [-0.15, -0.1) is 11.3 Å². The molecule has 0 atom stereocenters. The first-order chi connectivity index (χ1) is 13.7. The Hall–Kier alpha value is -3.16. The number of benzene rings is 2. The normalized spacial score (nSPS) is 12.4. The van der Waals surface area contributed by atoms with Crippen LogP contribution < -0.4 is 16.0 Å². The molecule has 4 rings (SSSR count). The Labute approximate surface area is 166 Å². The van der Waals surface area contributed by atoms with E-state index < -0.39 is 0 Å². The van der Waals surface area contributed by atoms with Crippen molar-refractivity contribution in [1.82, 2.24) is 5.32 Å². The molecule has 0 aliphatic carbocycles. The highest BCUT2D eigenvalue weighted by molar-refractivity contribution is 7.13. The molecule has 1 aromatic heterocycles. The van der Waals surface area contributed by atoms with E-state index in [0.29, 0.717) is 29.9 Å². The molecule has 7 heteroatoms. The van der Waals surface area contributed by atoms with E-state index in [1.165, 1.54) is 0 Å².